The molecule has 1 atom stereocenters. The largest absolute Gasteiger partial charge is 0.384 e. The van der Waals surface area contributed by atoms with E-state index in [2.05, 4.69) is 15.9 Å². The molecule has 94 valence electrons. The lowest BCUT2D eigenvalue weighted by Crippen LogP contribution is -2.03. The normalized spacial score (nSPS) is 12.5. The first-order valence-electron chi connectivity index (χ1n) is 5.07. The SMILES string of the molecule is OC(c1ccc(Cl)c(F)c1)c1cc(Br)ccc1F. The van der Waals surface area contributed by atoms with Gasteiger partial charge in [-0.1, -0.05) is 33.6 Å². The van der Waals surface area contributed by atoms with Crippen molar-refractivity contribution < 1.29 is 13.9 Å². The molecular weight excluding hydrogens is 325 g/mol. The molecule has 0 spiro atoms. The molecule has 0 saturated heterocycles. The maximum Gasteiger partial charge on any atom is 0.142 e. The number of benzene rings is 2. The van der Waals surface area contributed by atoms with Gasteiger partial charge in [0.15, 0.2) is 0 Å². The highest BCUT2D eigenvalue weighted by molar-refractivity contribution is 9.10. The number of hydrogen-bond donors (Lipinski definition) is 1. The highest BCUT2D eigenvalue weighted by Gasteiger charge is 2.16. The van der Waals surface area contributed by atoms with E-state index in [-0.39, 0.29) is 16.1 Å². The zero-order valence-electron chi connectivity index (χ0n) is 9.00. The molecule has 0 fully saturated rings. The molecule has 0 radical (unpaired) electrons. The van der Waals surface area contributed by atoms with Crippen LogP contribution >= 0.6 is 27.5 Å². The van der Waals surface area contributed by atoms with Crippen molar-refractivity contribution in [2.75, 3.05) is 0 Å². The van der Waals surface area contributed by atoms with Crippen molar-refractivity contribution in [1.82, 2.24) is 0 Å². The zero-order valence-corrected chi connectivity index (χ0v) is 11.3. The van der Waals surface area contributed by atoms with E-state index in [1.54, 1.807) is 0 Å². The third-order valence-corrected chi connectivity index (χ3v) is 3.31. The molecule has 1 N–H and O–H groups in total. The Morgan fingerprint density at radius 3 is 2.44 bits per heavy atom. The van der Waals surface area contributed by atoms with Gasteiger partial charge in [0.2, 0.25) is 0 Å². The van der Waals surface area contributed by atoms with Crippen LogP contribution in [-0.4, -0.2) is 5.11 Å². The van der Waals surface area contributed by atoms with Crippen LogP contribution in [0, 0.1) is 11.6 Å². The van der Waals surface area contributed by atoms with Gasteiger partial charge in [0.1, 0.15) is 17.7 Å². The van der Waals surface area contributed by atoms with Gasteiger partial charge in [0, 0.05) is 10.0 Å². The van der Waals surface area contributed by atoms with Gasteiger partial charge in [-0.25, -0.2) is 8.78 Å². The van der Waals surface area contributed by atoms with E-state index in [9.17, 15) is 13.9 Å². The van der Waals surface area contributed by atoms with Crippen molar-refractivity contribution in [3.63, 3.8) is 0 Å². The Morgan fingerprint density at radius 2 is 1.78 bits per heavy atom. The Hall–Kier alpha value is -0.970. The molecule has 18 heavy (non-hydrogen) atoms. The second-order valence-corrected chi connectivity index (χ2v) is 5.06. The Morgan fingerprint density at radius 1 is 1.06 bits per heavy atom. The topological polar surface area (TPSA) is 20.2 Å². The molecule has 5 heteroatoms. The van der Waals surface area contributed by atoms with E-state index in [1.807, 2.05) is 0 Å². The Bertz CT molecular complexity index is 589. The minimum Gasteiger partial charge on any atom is -0.384 e. The van der Waals surface area contributed by atoms with E-state index in [0.717, 1.165) is 6.07 Å². The highest BCUT2D eigenvalue weighted by Crippen LogP contribution is 2.28. The molecule has 0 amide bonds. The Labute approximate surface area is 116 Å². The van der Waals surface area contributed by atoms with Crippen LogP contribution in [-0.2, 0) is 0 Å². The first-order valence-corrected chi connectivity index (χ1v) is 6.24. The lowest BCUT2D eigenvalue weighted by Gasteiger charge is -2.13. The predicted molar refractivity (Wildman–Crippen MR) is 69.6 cm³/mol. The minimum absolute atomic E-state index is 0.0411. The van der Waals surface area contributed by atoms with E-state index >= 15 is 0 Å². The molecular formula is C13H8BrClF2O. The number of halogens is 4. The first kappa shape index (κ1) is 13.5. The van der Waals surface area contributed by atoms with Gasteiger partial charge in [-0.2, -0.15) is 0 Å². The van der Waals surface area contributed by atoms with Gasteiger partial charge in [0.05, 0.1) is 5.02 Å². The van der Waals surface area contributed by atoms with Crippen molar-refractivity contribution >= 4 is 27.5 Å². The molecule has 1 unspecified atom stereocenters. The van der Waals surface area contributed by atoms with Crippen LogP contribution in [0.3, 0.4) is 0 Å². The fourth-order valence-electron chi connectivity index (χ4n) is 1.59. The summed E-state index contributed by atoms with van der Waals surface area (Å²) < 4.78 is 27.5. The summed E-state index contributed by atoms with van der Waals surface area (Å²) in [7, 11) is 0. The zero-order chi connectivity index (χ0) is 13.3. The summed E-state index contributed by atoms with van der Waals surface area (Å²) in [5, 5.41) is 10.0. The van der Waals surface area contributed by atoms with Crippen molar-refractivity contribution in [2.24, 2.45) is 0 Å². The average Bonchev–Trinajstić information content (AvgIpc) is 2.35. The van der Waals surface area contributed by atoms with Crippen LogP contribution in [0.15, 0.2) is 40.9 Å². The predicted octanol–water partition coefficient (Wildman–Crippen LogP) is 4.46. The summed E-state index contributed by atoms with van der Waals surface area (Å²) in [5.74, 6) is -1.20. The number of aliphatic hydroxyl groups is 1. The lowest BCUT2D eigenvalue weighted by molar-refractivity contribution is 0.214. The Balaban J connectivity index is 2.44. The summed E-state index contributed by atoms with van der Waals surface area (Å²) in [6.45, 7) is 0. The maximum absolute atomic E-state index is 13.6. The Kier molecular flexibility index (Phi) is 4.00. The van der Waals surface area contributed by atoms with Crippen molar-refractivity contribution in [3.05, 3.63) is 68.7 Å². The molecule has 0 bridgehead atoms. The molecule has 2 aromatic carbocycles. The standard InChI is InChI=1S/C13H8BrClF2O/c14-8-2-4-11(16)9(6-8)13(18)7-1-3-10(15)12(17)5-7/h1-6,13,18H. The summed E-state index contributed by atoms with van der Waals surface area (Å²) in [6, 6.07) is 8.07. The van der Waals surface area contributed by atoms with Gasteiger partial charge < -0.3 is 5.11 Å². The second kappa shape index (κ2) is 5.34. The third-order valence-electron chi connectivity index (χ3n) is 2.51. The van der Waals surface area contributed by atoms with Crippen LogP contribution in [0.5, 0.6) is 0 Å². The molecule has 0 heterocycles. The van der Waals surface area contributed by atoms with Crippen LogP contribution in [0.25, 0.3) is 0 Å². The lowest BCUT2D eigenvalue weighted by atomic mass is 10.0. The van der Waals surface area contributed by atoms with Gasteiger partial charge in [-0.3, -0.25) is 0 Å². The van der Waals surface area contributed by atoms with E-state index in [4.69, 9.17) is 11.6 Å². The third kappa shape index (κ3) is 2.71. The average molecular weight is 334 g/mol. The van der Waals surface area contributed by atoms with Crippen molar-refractivity contribution in [2.45, 2.75) is 6.10 Å². The molecule has 0 aromatic heterocycles. The maximum atomic E-state index is 13.6. The molecule has 0 saturated carbocycles. The molecule has 0 aliphatic rings. The van der Waals surface area contributed by atoms with E-state index in [1.165, 1.54) is 30.3 Å². The summed E-state index contributed by atoms with van der Waals surface area (Å²) in [4.78, 5) is 0. The second-order valence-electron chi connectivity index (χ2n) is 3.74. The smallest absolute Gasteiger partial charge is 0.142 e. The molecule has 0 aliphatic carbocycles. The number of aliphatic hydroxyl groups excluding tert-OH is 1. The van der Waals surface area contributed by atoms with Gasteiger partial charge >= 0.3 is 0 Å². The van der Waals surface area contributed by atoms with Crippen molar-refractivity contribution in [1.29, 1.82) is 0 Å². The van der Waals surface area contributed by atoms with Crippen LogP contribution in [0.2, 0.25) is 5.02 Å². The molecule has 2 aromatic rings. The summed E-state index contributed by atoms with van der Waals surface area (Å²) in [5.41, 5.74) is 0.319. The quantitative estimate of drug-likeness (QED) is 0.860. The summed E-state index contributed by atoms with van der Waals surface area (Å²) in [6.07, 6.45) is -1.24. The van der Waals surface area contributed by atoms with Crippen LogP contribution in [0.4, 0.5) is 8.78 Å². The van der Waals surface area contributed by atoms with Crippen LogP contribution < -0.4 is 0 Å². The highest BCUT2D eigenvalue weighted by atomic mass is 79.9. The van der Waals surface area contributed by atoms with Gasteiger partial charge in [-0.05, 0) is 35.9 Å². The minimum atomic E-state index is -1.24. The van der Waals surface area contributed by atoms with E-state index in [0.29, 0.717) is 4.47 Å². The van der Waals surface area contributed by atoms with Crippen LogP contribution in [0.1, 0.15) is 17.2 Å². The monoisotopic (exact) mass is 332 g/mol. The summed E-state index contributed by atoms with van der Waals surface area (Å²) >= 11 is 8.74. The first-order chi connectivity index (χ1) is 8.49. The van der Waals surface area contributed by atoms with Gasteiger partial charge in [0.25, 0.3) is 0 Å². The van der Waals surface area contributed by atoms with Crippen molar-refractivity contribution in [3.8, 4) is 0 Å². The van der Waals surface area contributed by atoms with E-state index < -0.39 is 17.7 Å². The molecule has 0 aliphatic heterocycles. The van der Waals surface area contributed by atoms with Gasteiger partial charge in [-0.15, -0.1) is 0 Å². The fraction of sp³-hybridized carbons (Fsp3) is 0.0769. The number of rotatable bonds is 2. The number of hydrogen-bond acceptors (Lipinski definition) is 1. The fourth-order valence-corrected chi connectivity index (χ4v) is 2.08. The molecule has 2 rings (SSSR count). The molecule has 1 nitrogen and oxygen atoms in total.